The number of rotatable bonds is 5. The number of hydrogen-bond acceptors (Lipinski definition) is 1. The lowest BCUT2D eigenvalue weighted by molar-refractivity contribution is 0.589. The molecule has 84 valence electrons. The third-order valence-corrected chi connectivity index (χ3v) is 3.99. The largest absolute Gasteiger partial charge is 0.149 e. The van der Waals surface area contributed by atoms with E-state index in [1.165, 1.54) is 10.4 Å². The van der Waals surface area contributed by atoms with Crippen molar-refractivity contribution in [2.75, 3.05) is 5.88 Å². The standard InChI is InChI=1S/C14H15ClS/c15-11-13(10-14-7-4-8-16-14)9-12-5-2-1-3-6-12/h1-8,13H,9-11H2. The number of benzene rings is 1. The summed E-state index contributed by atoms with van der Waals surface area (Å²) in [7, 11) is 0. The molecule has 1 atom stereocenters. The fourth-order valence-corrected chi connectivity index (χ4v) is 2.88. The number of hydrogen-bond donors (Lipinski definition) is 0. The molecular formula is C14H15ClS. The zero-order valence-electron chi connectivity index (χ0n) is 9.10. The number of thiophene rings is 1. The molecule has 0 N–H and O–H groups in total. The summed E-state index contributed by atoms with van der Waals surface area (Å²) in [5.74, 6) is 1.27. The monoisotopic (exact) mass is 250 g/mol. The molecule has 0 spiro atoms. The maximum Gasteiger partial charge on any atom is 0.0258 e. The maximum atomic E-state index is 6.04. The highest BCUT2D eigenvalue weighted by atomic mass is 35.5. The Hall–Kier alpha value is -0.790. The van der Waals surface area contributed by atoms with Crippen molar-refractivity contribution in [2.45, 2.75) is 12.8 Å². The van der Waals surface area contributed by atoms with E-state index in [1.807, 2.05) is 11.3 Å². The normalized spacial score (nSPS) is 12.6. The molecule has 0 fully saturated rings. The number of halogens is 1. The predicted octanol–water partition coefficient (Wildman–Crippen LogP) is 4.39. The predicted molar refractivity (Wildman–Crippen MR) is 72.4 cm³/mol. The van der Waals surface area contributed by atoms with Crippen molar-refractivity contribution in [3.63, 3.8) is 0 Å². The lowest BCUT2D eigenvalue weighted by atomic mass is 9.97. The summed E-state index contributed by atoms with van der Waals surface area (Å²) >= 11 is 7.86. The van der Waals surface area contributed by atoms with Crippen molar-refractivity contribution in [1.82, 2.24) is 0 Å². The summed E-state index contributed by atoms with van der Waals surface area (Å²) in [4.78, 5) is 1.43. The van der Waals surface area contributed by atoms with Crippen molar-refractivity contribution in [3.05, 3.63) is 58.3 Å². The lowest BCUT2D eigenvalue weighted by Gasteiger charge is -2.12. The Labute approximate surface area is 106 Å². The van der Waals surface area contributed by atoms with E-state index in [4.69, 9.17) is 11.6 Å². The second-order valence-electron chi connectivity index (χ2n) is 3.99. The van der Waals surface area contributed by atoms with Crippen molar-refractivity contribution < 1.29 is 0 Å². The average molecular weight is 251 g/mol. The number of alkyl halides is 1. The quantitative estimate of drug-likeness (QED) is 0.691. The van der Waals surface area contributed by atoms with Crippen LogP contribution in [-0.2, 0) is 12.8 Å². The van der Waals surface area contributed by atoms with Gasteiger partial charge in [-0.1, -0.05) is 36.4 Å². The molecule has 1 aromatic heterocycles. The van der Waals surface area contributed by atoms with Gasteiger partial charge in [0.2, 0.25) is 0 Å². The van der Waals surface area contributed by atoms with Crippen LogP contribution in [0, 0.1) is 5.92 Å². The van der Waals surface area contributed by atoms with Gasteiger partial charge in [0.1, 0.15) is 0 Å². The average Bonchev–Trinajstić information content (AvgIpc) is 2.82. The third kappa shape index (κ3) is 3.36. The van der Waals surface area contributed by atoms with Gasteiger partial charge in [-0.25, -0.2) is 0 Å². The van der Waals surface area contributed by atoms with Crippen molar-refractivity contribution in [2.24, 2.45) is 5.92 Å². The molecule has 2 rings (SSSR count). The zero-order chi connectivity index (χ0) is 11.2. The molecule has 16 heavy (non-hydrogen) atoms. The van der Waals surface area contributed by atoms with Crippen LogP contribution in [0.1, 0.15) is 10.4 Å². The molecule has 1 heterocycles. The Morgan fingerprint density at radius 1 is 1.00 bits per heavy atom. The Morgan fingerprint density at radius 2 is 1.81 bits per heavy atom. The summed E-state index contributed by atoms with van der Waals surface area (Å²) in [6.07, 6.45) is 2.16. The molecule has 0 amide bonds. The second kappa shape index (κ2) is 6.07. The van der Waals surface area contributed by atoms with Crippen LogP contribution in [-0.4, -0.2) is 5.88 Å². The summed E-state index contributed by atoms with van der Waals surface area (Å²) in [5.41, 5.74) is 1.38. The molecule has 2 heteroatoms. The first-order chi connectivity index (χ1) is 7.88. The molecular weight excluding hydrogens is 236 g/mol. The Kier molecular flexibility index (Phi) is 4.44. The third-order valence-electron chi connectivity index (χ3n) is 2.66. The highest BCUT2D eigenvalue weighted by Crippen LogP contribution is 2.19. The summed E-state index contributed by atoms with van der Waals surface area (Å²) in [6, 6.07) is 14.9. The van der Waals surface area contributed by atoms with E-state index >= 15 is 0 Å². The smallest absolute Gasteiger partial charge is 0.0258 e. The minimum Gasteiger partial charge on any atom is -0.149 e. The Balaban J connectivity index is 1.96. The van der Waals surface area contributed by atoms with Gasteiger partial charge >= 0.3 is 0 Å². The second-order valence-corrected chi connectivity index (χ2v) is 5.33. The van der Waals surface area contributed by atoms with Gasteiger partial charge in [-0.15, -0.1) is 22.9 Å². The molecule has 1 aromatic carbocycles. The van der Waals surface area contributed by atoms with E-state index in [0.717, 1.165) is 18.7 Å². The van der Waals surface area contributed by atoms with Gasteiger partial charge < -0.3 is 0 Å². The highest BCUT2D eigenvalue weighted by Gasteiger charge is 2.10. The van der Waals surface area contributed by atoms with Crippen LogP contribution in [0.5, 0.6) is 0 Å². The Bertz CT molecular complexity index is 394. The fourth-order valence-electron chi connectivity index (χ4n) is 1.84. The van der Waals surface area contributed by atoms with Crippen molar-refractivity contribution >= 4 is 22.9 Å². The molecule has 2 aromatic rings. The molecule has 0 aliphatic carbocycles. The van der Waals surface area contributed by atoms with E-state index < -0.39 is 0 Å². The zero-order valence-corrected chi connectivity index (χ0v) is 10.7. The summed E-state index contributed by atoms with van der Waals surface area (Å²) in [6.45, 7) is 0. The summed E-state index contributed by atoms with van der Waals surface area (Å²) in [5, 5.41) is 2.13. The van der Waals surface area contributed by atoms with Gasteiger partial charge in [0.15, 0.2) is 0 Å². The van der Waals surface area contributed by atoms with Gasteiger partial charge in [0.25, 0.3) is 0 Å². The van der Waals surface area contributed by atoms with Gasteiger partial charge in [0, 0.05) is 10.8 Å². The molecule has 0 bridgehead atoms. The maximum absolute atomic E-state index is 6.04. The molecule has 0 saturated carbocycles. The Morgan fingerprint density at radius 3 is 2.44 bits per heavy atom. The molecule has 0 nitrogen and oxygen atoms in total. The van der Waals surface area contributed by atoms with E-state index in [1.54, 1.807) is 0 Å². The van der Waals surface area contributed by atoms with E-state index in [9.17, 15) is 0 Å². The van der Waals surface area contributed by atoms with Crippen LogP contribution in [0.4, 0.5) is 0 Å². The highest BCUT2D eigenvalue weighted by molar-refractivity contribution is 7.09. The first kappa shape index (κ1) is 11.7. The van der Waals surface area contributed by atoms with Crippen molar-refractivity contribution in [1.29, 1.82) is 0 Å². The minimum absolute atomic E-state index is 0.544. The minimum atomic E-state index is 0.544. The molecule has 0 saturated heterocycles. The van der Waals surface area contributed by atoms with Crippen molar-refractivity contribution in [3.8, 4) is 0 Å². The van der Waals surface area contributed by atoms with E-state index in [-0.39, 0.29) is 0 Å². The molecule has 1 unspecified atom stereocenters. The summed E-state index contributed by atoms with van der Waals surface area (Å²) < 4.78 is 0. The van der Waals surface area contributed by atoms with Crippen LogP contribution in [0.25, 0.3) is 0 Å². The first-order valence-corrected chi connectivity index (χ1v) is 6.92. The van der Waals surface area contributed by atoms with Crippen LogP contribution in [0.2, 0.25) is 0 Å². The van der Waals surface area contributed by atoms with E-state index in [2.05, 4.69) is 47.8 Å². The molecule has 0 radical (unpaired) electrons. The van der Waals surface area contributed by atoms with Gasteiger partial charge in [0.05, 0.1) is 0 Å². The molecule has 0 aliphatic rings. The van der Waals surface area contributed by atoms with Gasteiger partial charge in [-0.3, -0.25) is 0 Å². The first-order valence-electron chi connectivity index (χ1n) is 5.50. The van der Waals surface area contributed by atoms with Gasteiger partial charge in [-0.05, 0) is 35.8 Å². The van der Waals surface area contributed by atoms with Crippen LogP contribution in [0.3, 0.4) is 0 Å². The van der Waals surface area contributed by atoms with Crippen LogP contribution >= 0.6 is 22.9 Å². The van der Waals surface area contributed by atoms with Crippen LogP contribution < -0.4 is 0 Å². The van der Waals surface area contributed by atoms with Crippen LogP contribution in [0.15, 0.2) is 47.8 Å². The fraction of sp³-hybridized carbons (Fsp3) is 0.286. The SMILES string of the molecule is ClCC(Cc1ccccc1)Cc1cccs1. The lowest BCUT2D eigenvalue weighted by Crippen LogP contribution is -2.09. The molecule has 0 aliphatic heterocycles. The van der Waals surface area contributed by atoms with E-state index in [0.29, 0.717) is 5.92 Å². The van der Waals surface area contributed by atoms with Gasteiger partial charge in [-0.2, -0.15) is 0 Å². The topological polar surface area (TPSA) is 0 Å².